The summed E-state index contributed by atoms with van der Waals surface area (Å²) >= 11 is 16.4. The zero-order valence-electron chi connectivity index (χ0n) is 17.7. The summed E-state index contributed by atoms with van der Waals surface area (Å²) in [4.78, 5) is 12.7. The number of hydrogen-bond donors (Lipinski definition) is 1. The molecule has 0 bridgehead atoms. The van der Waals surface area contributed by atoms with Gasteiger partial charge in [-0.15, -0.1) is 0 Å². The molecule has 0 aliphatic rings. The lowest BCUT2D eigenvalue weighted by Crippen LogP contribution is -2.14. The second kappa shape index (κ2) is 11.6. The smallest absolute Gasteiger partial charge is 0.266 e. The molecule has 0 spiro atoms. The number of aryl methyl sites for hydroxylation is 2. The molecule has 0 fully saturated rings. The van der Waals surface area contributed by atoms with Gasteiger partial charge in [0.05, 0.1) is 17.2 Å². The summed E-state index contributed by atoms with van der Waals surface area (Å²) in [7, 11) is 0. The molecule has 0 atom stereocenters. The molecule has 0 unspecified atom stereocenters. The summed E-state index contributed by atoms with van der Waals surface area (Å²) in [5.41, 5.74) is 4.30. The topological polar surface area (TPSA) is 62.1 Å². The molecular weight excluding hydrogens is 685 g/mol. The van der Waals surface area contributed by atoms with Crippen molar-refractivity contribution in [3.8, 4) is 11.8 Å². The second-order valence-electron chi connectivity index (χ2n) is 7.29. The van der Waals surface area contributed by atoms with E-state index in [0.717, 1.165) is 35.1 Å². The molecule has 0 saturated heterocycles. The van der Waals surface area contributed by atoms with Crippen molar-refractivity contribution in [1.82, 2.24) is 0 Å². The minimum atomic E-state index is -0.448. The summed E-state index contributed by atoms with van der Waals surface area (Å²) in [5.74, 6) is 0.272. The standard InChI is InChI=1S/C25H18Cl2I2N2O2/c1-14-3-4-15(2)23(7-14)31-25(32)18(12-30)8-17-10-21(28)24(22(29)11-17)33-13-16-5-6-19(26)20(27)9-16/h3-11H,13H2,1-2H3,(H,31,32)/b18-8+. The average molecular weight is 703 g/mol. The fourth-order valence-corrected chi connectivity index (χ4v) is 5.41. The third-order valence-corrected chi connectivity index (χ3v) is 7.05. The maximum absolute atomic E-state index is 12.7. The Morgan fingerprint density at radius 1 is 1.06 bits per heavy atom. The van der Waals surface area contributed by atoms with Gasteiger partial charge in [-0.25, -0.2) is 0 Å². The second-order valence-corrected chi connectivity index (χ2v) is 10.4. The van der Waals surface area contributed by atoms with E-state index < -0.39 is 5.91 Å². The van der Waals surface area contributed by atoms with Gasteiger partial charge in [-0.05, 0) is 118 Å². The molecule has 3 rings (SSSR count). The van der Waals surface area contributed by atoms with E-state index in [4.69, 9.17) is 27.9 Å². The zero-order chi connectivity index (χ0) is 24.1. The summed E-state index contributed by atoms with van der Waals surface area (Å²) in [6.07, 6.45) is 1.58. The van der Waals surface area contributed by atoms with Gasteiger partial charge in [-0.3, -0.25) is 4.79 Å². The van der Waals surface area contributed by atoms with Crippen LogP contribution in [-0.4, -0.2) is 5.91 Å². The Balaban J connectivity index is 1.79. The molecule has 4 nitrogen and oxygen atoms in total. The highest BCUT2D eigenvalue weighted by atomic mass is 127. The predicted octanol–water partition coefficient (Wildman–Crippen LogP) is 7.94. The molecule has 8 heteroatoms. The van der Waals surface area contributed by atoms with Crippen LogP contribution < -0.4 is 10.1 Å². The molecule has 168 valence electrons. The van der Waals surface area contributed by atoms with E-state index in [1.807, 2.05) is 56.3 Å². The largest absolute Gasteiger partial charge is 0.487 e. The van der Waals surface area contributed by atoms with Crippen LogP contribution in [0, 0.1) is 32.3 Å². The van der Waals surface area contributed by atoms with Crippen molar-refractivity contribution in [1.29, 1.82) is 5.26 Å². The van der Waals surface area contributed by atoms with E-state index in [9.17, 15) is 10.1 Å². The summed E-state index contributed by atoms with van der Waals surface area (Å²) < 4.78 is 7.72. The molecule has 0 aliphatic carbocycles. The van der Waals surface area contributed by atoms with Gasteiger partial charge < -0.3 is 10.1 Å². The maximum Gasteiger partial charge on any atom is 0.266 e. The van der Waals surface area contributed by atoms with E-state index >= 15 is 0 Å². The molecule has 33 heavy (non-hydrogen) atoms. The SMILES string of the molecule is Cc1ccc(C)c(NC(=O)/C(C#N)=C/c2cc(I)c(OCc3ccc(Cl)c(Cl)c3)c(I)c2)c1. The Bertz CT molecular complexity index is 1280. The Labute approximate surface area is 230 Å². The number of nitriles is 1. The number of halogens is 4. The number of carbonyl (C=O) groups is 1. The van der Waals surface area contributed by atoms with Gasteiger partial charge in [0.2, 0.25) is 0 Å². The number of amides is 1. The fraction of sp³-hybridized carbons (Fsp3) is 0.120. The van der Waals surface area contributed by atoms with Gasteiger partial charge in [0.15, 0.2) is 0 Å². The average Bonchev–Trinajstić information content (AvgIpc) is 2.76. The minimum Gasteiger partial charge on any atom is -0.487 e. The fourth-order valence-electron chi connectivity index (χ4n) is 2.96. The molecule has 0 aliphatic heterocycles. The van der Waals surface area contributed by atoms with Crippen molar-refractivity contribution in [3.05, 3.63) is 93.5 Å². The van der Waals surface area contributed by atoms with E-state index in [-0.39, 0.29) is 5.57 Å². The Morgan fingerprint density at radius 2 is 1.76 bits per heavy atom. The molecule has 1 amide bonds. The van der Waals surface area contributed by atoms with E-state index in [2.05, 4.69) is 50.5 Å². The number of nitrogens with one attached hydrogen (secondary N) is 1. The molecule has 0 radical (unpaired) electrons. The van der Waals surface area contributed by atoms with E-state index in [1.54, 1.807) is 18.2 Å². The van der Waals surface area contributed by atoms with Crippen LogP contribution >= 0.6 is 68.4 Å². The van der Waals surface area contributed by atoms with Crippen LogP contribution in [0.2, 0.25) is 10.0 Å². The molecule has 0 saturated carbocycles. The first-order valence-corrected chi connectivity index (χ1v) is 12.7. The lowest BCUT2D eigenvalue weighted by Gasteiger charge is -2.12. The first-order valence-electron chi connectivity index (χ1n) is 9.74. The van der Waals surface area contributed by atoms with Crippen molar-refractivity contribution >= 4 is 86.1 Å². The lowest BCUT2D eigenvalue weighted by molar-refractivity contribution is -0.112. The number of anilines is 1. The van der Waals surface area contributed by atoms with Crippen LogP contribution in [-0.2, 0) is 11.4 Å². The number of hydrogen-bond acceptors (Lipinski definition) is 3. The zero-order valence-corrected chi connectivity index (χ0v) is 23.5. The van der Waals surface area contributed by atoms with Crippen LogP contribution in [0.5, 0.6) is 5.75 Å². The van der Waals surface area contributed by atoms with E-state index in [0.29, 0.717) is 22.3 Å². The van der Waals surface area contributed by atoms with Crippen LogP contribution in [0.15, 0.2) is 54.1 Å². The van der Waals surface area contributed by atoms with Crippen molar-refractivity contribution in [3.63, 3.8) is 0 Å². The summed E-state index contributed by atoms with van der Waals surface area (Å²) in [6, 6.07) is 16.9. The van der Waals surface area contributed by atoms with Crippen molar-refractivity contribution in [2.24, 2.45) is 0 Å². The van der Waals surface area contributed by atoms with E-state index in [1.165, 1.54) is 0 Å². The summed E-state index contributed by atoms with van der Waals surface area (Å²) in [5, 5.41) is 13.4. The first kappa shape index (κ1) is 25.8. The highest BCUT2D eigenvalue weighted by Gasteiger charge is 2.14. The van der Waals surface area contributed by atoms with Crippen molar-refractivity contribution in [2.75, 3.05) is 5.32 Å². The van der Waals surface area contributed by atoms with Crippen LogP contribution in [0.25, 0.3) is 6.08 Å². The number of ether oxygens (including phenoxy) is 1. The van der Waals surface area contributed by atoms with Gasteiger partial charge in [0.1, 0.15) is 24.0 Å². The van der Waals surface area contributed by atoms with Gasteiger partial charge in [0.25, 0.3) is 5.91 Å². The van der Waals surface area contributed by atoms with Crippen LogP contribution in [0.3, 0.4) is 0 Å². The molecule has 3 aromatic rings. The molecule has 0 heterocycles. The monoisotopic (exact) mass is 702 g/mol. The normalized spacial score (nSPS) is 11.1. The number of nitrogens with zero attached hydrogens (tertiary/aromatic N) is 1. The highest BCUT2D eigenvalue weighted by molar-refractivity contribution is 14.1. The molecule has 0 aromatic heterocycles. The van der Waals surface area contributed by atoms with Gasteiger partial charge >= 0.3 is 0 Å². The maximum atomic E-state index is 12.7. The number of carbonyl (C=O) groups excluding carboxylic acids is 1. The Hall–Kier alpha value is -1.80. The Kier molecular flexibility index (Phi) is 9.04. The van der Waals surface area contributed by atoms with Gasteiger partial charge in [-0.1, -0.05) is 41.4 Å². The lowest BCUT2D eigenvalue weighted by atomic mass is 10.1. The molecule has 1 N–H and O–H groups in total. The van der Waals surface area contributed by atoms with Crippen LogP contribution in [0.1, 0.15) is 22.3 Å². The minimum absolute atomic E-state index is 0.0204. The van der Waals surface area contributed by atoms with Crippen molar-refractivity contribution in [2.45, 2.75) is 20.5 Å². The van der Waals surface area contributed by atoms with Gasteiger partial charge in [0, 0.05) is 5.69 Å². The summed E-state index contributed by atoms with van der Waals surface area (Å²) in [6.45, 7) is 4.19. The first-order chi connectivity index (χ1) is 15.7. The predicted molar refractivity (Wildman–Crippen MR) is 151 cm³/mol. The van der Waals surface area contributed by atoms with Crippen LogP contribution in [0.4, 0.5) is 5.69 Å². The number of benzene rings is 3. The third kappa shape index (κ3) is 6.85. The van der Waals surface area contributed by atoms with Crippen molar-refractivity contribution < 1.29 is 9.53 Å². The quantitative estimate of drug-likeness (QED) is 0.161. The highest BCUT2D eigenvalue weighted by Crippen LogP contribution is 2.31. The Morgan fingerprint density at radius 3 is 2.39 bits per heavy atom. The van der Waals surface area contributed by atoms with Gasteiger partial charge in [-0.2, -0.15) is 5.26 Å². The number of rotatable bonds is 6. The molecular formula is C25H18Cl2I2N2O2. The third-order valence-electron chi connectivity index (χ3n) is 4.71. The molecule has 3 aromatic carbocycles.